The normalized spacial score (nSPS) is 11.2. The molecular formula is C62H51NO2. The molecule has 0 spiro atoms. The van der Waals surface area contributed by atoms with E-state index in [1.165, 1.54) is 89.6 Å². The Morgan fingerprint density at radius 1 is 0.369 bits per heavy atom. The lowest BCUT2D eigenvalue weighted by Gasteiger charge is -2.24. The lowest BCUT2D eigenvalue weighted by Crippen LogP contribution is -2.17. The molecule has 0 atom stereocenters. The number of hydrogen-bond acceptors (Lipinski definition) is 3. The second-order valence-corrected chi connectivity index (χ2v) is 16.7. The van der Waals surface area contributed by atoms with Gasteiger partial charge in [-0.3, -0.25) is 0 Å². The SMILES string of the molecule is CCCCN(c1ccccc1)c1ccccc1.Cc1cccc2c1oc1c(-c3ccccc3)cc3ccccc3c12.Cc1cccc2c1oc1c(-c3ccccc3)cc3ccccc3c12. The van der Waals surface area contributed by atoms with E-state index >= 15 is 0 Å². The van der Waals surface area contributed by atoms with Gasteiger partial charge in [-0.05, 0) is 100 Å². The van der Waals surface area contributed by atoms with Gasteiger partial charge in [0, 0.05) is 50.6 Å². The van der Waals surface area contributed by atoms with Gasteiger partial charge in [0.1, 0.15) is 22.3 Å². The van der Waals surface area contributed by atoms with Gasteiger partial charge in [-0.2, -0.15) is 0 Å². The summed E-state index contributed by atoms with van der Waals surface area (Å²) in [5.74, 6) is 0. The lowest BCUT2D eigenvalue weighted by atomic mass is 9.96. The minimum Gasteiger partial charge on any atom is -0.455 e. The van der Waals surface area contributed by atoms with Gasteiger partial charge in [0.05, 0.1) is 0 Å². The van der Waals surface area contributed by atoms with Crippen molar-refractivity contribution < 1.29 is 8.83 Å². The summed E-state index contributed by atoms with van der Waals surface area (Å²) in [7, 11) is 0. The molecule has 2 heterocycles. The van der Waals surface area contributed by atoms with E-state index in [0.717, 1.165) is 40.0 Å². The molecule has 0 aliphatic rings. The van der Waals surface area contributed by atoms with E-state index in [-0.39, 0.29) is 0 Å². The van der Waals surface area contributed by atoms with Crippen LogP contribution < -0.4 is 4.90 Å². The molecule has 2 aromatic heterocycles. The zero-order chi connectivity index (χ0) is 44.1. The van der Waals surface area contributed by atoms with Crippen LogP contribution >= 0.6 is 0 Å². The maximum absolute atomic E-state index is 6.38. The minimum atomic E-state index is 0.976. The highest BCUT2D eigenvalue weighted by atomic mass is 16.3. The van der Waals surface area contributed by atoms with Crippen molar-refractivity contribution >= 4 is 76.8 Å². The van der Waals surface area contributed by atoms with Crippen LogP contribution in [0.15, 0.2) is 227 Å². The van der Waals surface area contributed by atoms with Crippen molar-refractivity contribution in [2.24, 2.45) is 0 Å². The van der Waals surface area contributed by atoms with Crippen LogP contribution in [0.1, 0.15) is 30.9 Å². The lowest BCUT2D eigenvalue weighted by molar-refractivity contribution is 0.667. The third-order valence-corrected chi connectivity index (χ3v) is 12.4. The Morgan fingerprint density at radius 2 is 0.738 bits per heavy atom. The summed E-state index contributed by atoms with van der Waals surface area (Å²) in [5, 5.41) is 9.79. The summed E-state index contributed by atoms with van der Waals surface area (Å²) in [6.07, 6.45) is 2.43. The molecule has 12 aromatic rings. The first kappa shape index (κ1) is 41.1. The van der Waals surface area contributed by atoms with Gasteiger partial charge in [0.2, 0.25) is 0 Å². The molecule has 0 fully saturated rings. The van der Waals surface area contributed by atoms with Gasteiger partial charge in [-0.1, -0.05) is 195 Å². The van der Waals surface area contributed by atoms with E-state index in [1.807, 2.05) is 12.1 Å². The number of benzene rings is 10. The van der Waals surface area contributed by atoms with Crippen molar-refractivity contribution in [3.63, 3.8) is 0 Å². The third-order valence-electron chi connectivity index (χ3n) is 12.4. The molecule has 10 aromatic carbocycles. The zero-order valence-electron chi connectivity index (χ0n) is 37.2. The van der Waals surface area contributed by atoms with Crippen LogP contribution in [0.3, 0.4) is 0 Å². The fourth-order valence-corrected chi connectivity index (χ4v) is 9.18. The molecule has 0 saturated carbocycles. The highest BCUT2D eigenvalue weighted by molar-refractivity contribution is 6.24. The van der Waals surface area contributed by atoms with Crippen molar-refractivity contribution in [1.29, 1.82) is 0 Å². The first-order chi connectivity index (χ1) is 32.1. The number of para-hydroxylation sites is 4. The molecule has 0 radical (unpaired) electrons. The van der Waals surface area contributed by atoms with Gasteiger partial charge in [-0.25, -0.2) is 0 Å². The van der Waals surface area contributed by atoms with E-state index in [4.69, 9.17) is 8.83 Å². The van der Waals surface area contributed by atoms with Gasteiger partial charge in [0.25, 0.3) is 0 Å². The van der Waals surface area contributed by atoms with Gasteiger partial charge >= 0.3 is 0 Å². The predicted octanol–water partition coefficient (Wildman–Crippen LogP) is 18.1. The quantitative estimate of drug-likeness (QED) is 0.160. The van der Waals surface area contributed by atoms with Gasteiger partial charge in [0.15, 0.2) is 0 Å². The first-order valence-electron chi connectivity index (χ1n) is 22.7. The van der Waals surface area contributed by atoms with E-state index in [1.54, 1.807) is 0 Å². The Morgan fingerprint density at radius 3 is 1.15 bits per heavy atom. The highest BCUT2D eigenvalue weighted by Gasteiger charge is 2.18. The summed E-state index contributed by atoms with van der Waals surface area (Å²) in [6.45, 7) is 7.52. The Balaban J connectivity index is 0.000000117. The van der Waals surface area contributed by atoms with Crippen LogP contribution in [0.25, 0.3) is 87.7 Å². The van der Waals surface area contributed by atoms with Gasteiger partial charge < -0.3 is 13.7 Å². The molecule has 316 valence electrons. The number of rotatable bonds is 7. The van der Waals surface area contributed by atoms with Crippen LogP contribution in [0.5, 0.6) is 0 Å². The van der Waals surface area contributed by atoms with E-state index < -0.39 is 0 Å². The maximum Gasteiger partial charge on any atom is 0.143 e. The molecule has 3 nitrogen and oxygen atoms in total. The molecule has 0 N–H and O–H groups in total. The van der Waals surface area contributed by atoms with Crippen molar-refractivity contribution in [2.75, 3.05) is 11.4 Å². The summed E-state index contributed by atoms with van der Waals surface area (Å²) in [5.41, 5.74) is 13.5. The second-order valence-electron chi connectivity index (χ2n) is 16.7. The Labute approximate surface area is 380 Å². The number of aryl methyl sites for hydroxylation is 2. The molecule has 0 aliphatic heterocycles. The number of anilines is 2. The maximum atomic E-state index is 6.38. The Bertz CT molecular complexity index is 3300. The van der Waals surface area contributed by atoms with Crippen molar-refractivity contribution in [3.8, 4) is 22.3 Å². The fraction of sp³-hybridized carbons (Fsp3) is 0.0968. The van der Waals surface area contributed by atoms with E-state index in [0.29, 0.717) is 0 Å². The fourth-order valence-electron chi connectivity index (χ4n) is 9.18. The van der Waals surface area contributed by atoms with Crippen LogP contribution in [-0.4, -0.2) is 6.54 Å². The number of unbranched alkanes of at least 4 members (excludes halogenated alkanes) is 1. The zero-order valence-corrected chi connectivity index (χ0v) is 37.2. The third kappa shape index (κ3) is 8.14. The minimum absolute atomic E-state index is 0.976. The molecular weight excluding hydrogens is 791 g/mol. The predicted molar refractivity (Wildman–Crippen MR) is 278 cm³/mol. The number of furan rings is 2. The van der Waals surface area contributed by atoms with E-state index in [9.17, 15) is 0 Å². The standard InChI is InChI=1S/2C23H16O.C16H19N/c2*1-15-8-7-13-19-21-18-12-6-5-11-17(18)14-20(23(21)24-22(15)19)16-9-3-2-4-10-16;1-2-3-14-17(15-10-6-4-7-11-15)16-12-8-5-9-13-16/h2*2-14H,1H3;4-13H,2-3,14H2,1H3. The number of fused-ring (bicyclic) bond motifs is 10. The average molecular weight is 842 g/mol. The van der Waals surface area contributed by atoms with Gasteiger partial charge in [-0.15, -0.1) is 0 Å². The van der Waals surface area contributed by atoms with E-state index in [2.05, 4.69) is 232 Å². The molecule has 0 unspecified atom stereocenters. The topological polar surface area (TPSA) is 29.5 Å². The molecule has 0 amide bonds. The Hall–Kier alpha value is -7.88. The molecule has 0 bridgehead atoms. The monoisotopic (exact) mass is 841 g/mol. The van der Waals surface area contributed by atoms with Crippen LogP contribution in [0, 0.1) is 13.8 Å². The van der Waals surface area contributed by atoms with Crippen LogP contribution in [-0.2, 0) is 0 Å². The van der Waals surface area contributed by atoms with Crippen LogP contribution in [0.2, 0.25) is 0 Å². The molecule has 12 rings (SSSR count). The summed E-state index contributed by atoms with van der Waals surface area (Å²) in [6, 6.07) is 76.5. The van der Waals surface area contributed by atoms with Crippen molar-refractivity contribution in [1.82, 2.24) is 0 Å². The van der Waals surface area contributed by atoms with Crippen LogP contribution in [0.4, 0.5) is 11.4 Å². The smallest absolute Gasteiger partial charge is 0.143 e. The number of nitrogens with zero attached hydrogens (tertiary/aromatic N) is 1. The first-order valence-corrected chi connectivity index (χ1v) is 22.7. The Kier molecular flexibility index (Phi) is 11.7. The summed E-state index contributed by atoms with van der Waals surface area (Å²) in [4.78, 5) is 2.38. The van der Waals surface area contributed by atoms with Crippen molar-refractivity contribution in [2.45, 2.75) is 33.6 Å². The summed E-state index contributed by atoms with van der Waals surface area (Å²) < 4.78 is 12.8. The molecule has 0 aliphatic carbocycles. The second kappa shape index (κ2) is 18.5. The largest absolute Gasteiger partial charge is 0.455 e. The molecule has 65 heavy (non-hydrogen) atoms. The summed E-state index contributed by atoms with van der Waals surface area (Å²) >= 11 is 0. The molecule has 3 heteroatoms. The van der Waals surface area contributed by atoms with Crippen molar-refractivity contribution in [3.05, 3.63) is 230 Å². The highest BCUT2D eigenvalue weighted by Crippen LogP contribution is 2.43. The average Bonchev–Trinajstić information content (AvgIpc) is 3.97. The molecule has 0 saturated heterocycles. The number of hydrogen-bond donors (Lipinski definition) is 0.